The molecule has 1 heterocycles. The number of halogens is 2. The Bertz CT molecular complexity index is 676. The van der Waals surface area contributed by atoms with Crippen molar-refractivity contribution < 1.29 is 18.3 Å². The van der Waals surface area contributed by atoms with E-state index in [-0.39, 0.29) is 11.6 Å². The van der Waals surface area contributed by atoms with Crippen molar-refractivity contribution in [2.75, 3.05) is 18.5 Å². The lowest BCUT2D eigenvalue weighted by molar-refractivity contribution is 0.297. The normalized spacial score (nSPS) is 15.0. The molecule has 1 aliphatic heterocycles. The lowest BCUT2D eigenvalue weighted by atomic mass is 10.1. The van der Waals surface area contributed by atoms with Crippen LogP contribution in [0.3, 0.4) is 0 Å². The van der Waals surface area contributed by atoms with Crippen LogP contribution in [0.2, 0.25) is 0 Å². The Labute approximate surface area is 127 Å². The Kier molecular flexibility index (Phi) is 4.13. The highest BCUT2D eigenvalue weighted by atomic mass is 19.1. The average molecular weight is 305 g/mol. The zero-order valence-corrected chi connectivity index (χ0v) is 12.2. The minimum atomic E-state index is -0.455. The van der Waals surface area contributed by atoms with E-state index >= 15 is 0 Å². The van der Waals surface area contributed by atoms with Gasteiger partial charge in [0.2, 0.25) is 0 Å². The fourth-order valence-corrected chi connectivity index (χ4v) is 2.43. The van der Waals surface area contributed by atoms with Crippen LogP contribution >= 0.6 is 0 Å². The van der Waals surface area contributed by atoms with Gasteiger partial charge >= 0.3 is 0 Å². The molecule has 0 saturated heterocycles. The molecule has 2 aromatic rings. The van der Waals surface area contributed by atoms with E-state index < -0.39 is 11.6 Å². The molecule has 1 N–H and O–H groups in total. The average Bonchev–Trinajstić information content (AvgIpc) is 2.74. The van der Waals surface area contributed by atoms with Crippen molar-refractivity contribution >= 4 is 5.69 Å². The lowest BCUT2D eigenvalue weighted by Crippen LogP contribution is -2.09. The number of hydrogen-bond donors (Lipinski definition) is 1. The summed E-state index contributed by atoms with van der Waals surface area (Å²) in [6.07, 6.45) is 0.836. The van der Waals surface area contributed by atoms with E-state index in [0.29, 0.717) is 24.7 Å². The van der Waals surface area contributed by atoms with Crippen LogP contribution in [-0.2, 0) is 0 Å². The SMILES string of the molecule is CC(Nc1ccc2c(c1)OCCCO2)c1cc(F)ccc1F. The minimum absolute atomic E-state index is 0.284. The van der Waals surface area contributed by atoms with Gasteiger partial charge in [-0.3, -0.25) is 0 Å². The van der Waals surface area contributed by atoms with Gasteiger partial charge in [0.1, 0.15) is 11.6 Å². The van der Waals surface area contributed by atoms with Gasteiger partial charge in [0.05, 0.1) is 19.3 Å². The van der Waals surface area contributed by atoms with Gasteiger partial charge in [0.25, 0.3) is 0 Å². The maximum atomic E-state index is 13.8. The quantitative estimate of drug-likeness (QED) is 0.917. The van der Waals surface area contributed by atoms with Crippen molar-refractivity contribution in [2.24, 2.45) is 0 Å². The van der Waals surface area contributed by atoms with Crippen LogP contribution < -0.4 is 14.8 Å². The molecule has 1 atom stereocenters. The summed E-state index contributed by atoms with van der Waals surface area (Å²) in [6.45, 7) is 3.01. The van der Waals surface area contributed by atoms with E-state index in [9.17, 15) is 8.78 Å². The Morgan fingerprint density at radius 2 is 1.77 bits per heavy atom. The molecule has 0 aliphatic carbocycles. The van der Waals surface area contributed by atoms with Gasteiger partial charge in [-0.2, -0.15) is 0 Å². The van der Waals surface area contributed by atoms with Gasteiger partial charge in [-0.15, -0.1) is 0 Å². The maximum Gasteiger partial charge on any atom is 0.163 e. The van der Waals surface area contributed by atoms with E-state index in [1.54, 1.807) is 6.92 Å². The molecule has 116 valence electrons. The summed E-state index contributed by atoms with van der Waals surface area (Å²) in [5.74, 6) is 0.474. The van der Waals surface area contributed by atoms with Crippen LogP contribution in [0.1, 0.15) is 24.9 Å². The smallest absolute Gasteiger partial charge is 0.163 e. The first-order chi connectivity index (χ1) is 10.6. The van der Waals surface area contributed by atoms with Crippen molar-refractivity contribution in [3.05, 3.63) is 53.6 Å². The Morgan fingerprint density at radius 3 is 2.59 bits per heavy atom. The number of rotatable bonds is 3. The van der Waals surface area contributed by atoms with Crippen molar-refractivity contribution in [3.8, 4) is 11.5 Å². The monoisotopic (exact) mass is 305 g/mol. The molecule has 0 amide bonds. The van der Waals surface area contributed by atoms with Crippen LogP contribution in [0.5, 0.6) is 11.5 Å². The van der Waals surface area contributed by atoms with E-state index in [1.807, 2.05) is 18.2 Å². The van der Waals surface area contributed by atoms with Gasteiger partial charge in [-0.05, 0) is 37.3 Å². The number of ether oxygens (including phenoxy) is 2. The fourth-order valence-electron chi connectivity index (χ4n) is 2.43. The first-order valence-electron chi connectivity index (χ1n) is 7.24. The van der Waals surface area contributed by atoms with Gasteiger partial charge in [0, 0.05) is 23.7 Å². The molecular formula is C17H17F2NO2. The predicted molar refractivity (Wildman–Crippen MR) is 80.4 cm³/mol. The molecule has 3 nitrogen and oxygen atoms in total. The minimum Gasteiger partial charge on any atom is -0.490 e. The molecule has 0 spiro atoms. The third-order valence-electron chi connectivity index (χ3n) is 3.56. The van der Waals surface area contributed by atoms with Crippen molar-refractivity contribution in [3.63, 3.8) is 0 Å². The zero-order chi connectivity index (χ0) is 15.5. The van der Waals surface area contributed by atoms with Gasteiger partial charge in [-0.25, -0.2) is 8.78 Å². The summed E-state index contributed by atoms with van der Waals surface area (Å²) < 4.78 is 38.3. The first kappa shape index (κ1) is 14.6. The van der Waals surface area contributed by atoms with Crippen LogP contribution in [0.25, 0.3) is 0 Å². The van der Waals surface area contributed by atoms with Crippen molar-refractivity contribution in [2.45, 2.75) is 19.4 Å². The summed E-state index contributed by atoms with van der Waals surface area (Å²) >= 11 is 0. The highest BCUT2D eigenvalue weighted by Gasteiger charge is 2.14. The standard InChI is InChI=1S/C17H17F2NO2/c1-11(14-9-12(18)3-5-15(14)19)20-13-4-6-16-17(10-13)22-8-2-7-21-16/h3-6,9-11,20H,2,7-8H2,1H3. The second-order valence-electron chi connectivity index (χ2n) is 5.24. The first-order valence-corrected chi connectivity index (χ1v) is 7.24. The molecule has 0 aromatic heterocycles. The molecule has 22 heavy (non-hydrogen) atoms. The highest BCUT2D eigenvalue weighted by molar-refractivity contribution is 5.56. The summed E-state index contributed by atoms with van der Waals surface area (Å²) in [4.78, 5) is 0. The van der Waals surface area contributed by atoms with Crippen molar-refractivity contribution in [1.29, 1.82) is 0 Å². The largest absolute Gasteiger partial charge is 0.490 e. The van der Waals surface area contributed by atoms with Crippen LogP contribution in [-0.4, -0.2) is 13.2 Å². The van der Waals surface area contributed by atoms with Crippen molar-refractivity contribution in [1.82, 2.24) is 0 Å². The molecule has 1 aliphatic rings. The van der Waals surface area contributed by atoms with Gasteiger partial charge in [-0.1, -0.05) is 0 Å². The predicted octanol–water partition coefficient (Wildman–Crippen LogP) is 4.30. The lowest BCUT2D eigenvalue weighted by Gasteiger charge is -2.18. The fraction of sp³-hybridized carbons (Fsp3) is 0.294. The van der Waals surface area contributed by atoms with Crippen LogP contribution in [0.4, 0.5) is 14.5 Å². The topological polar surface area (TPSA) is 30.5 Å². The Balaban J connectivity index is 1.80. The summed E-state index contributed by atoms with van der Waals surface area (Å²) in [5.41, 5.74) is 1.05. The number of nitrogens with one attached hydrogen (secondary N) is 1. The third-order valence-corrected chi connectivity index (χ3v) is 3.56. The Morgan fingerprint density at radius 1 is 1.00 bits per heavy atom. The zero-order valence-electron chi connectivity index (χ0n) is 12.2. The van der Waals surface area contributed by atoms with Gasteiger partial charge < -0.3 is 14.8 Å². The van der Waals surface area contributed by atoms with E-state index in [1.165, 1.54) is 6.07 Å². The van der Waals surface area contributed by atoms with E-state index in [4.69, 9.17) is 9.47 Å². The third kappa shape index (κ3) is 3.13. The second-order valence-corrected chi connectivity index (χ2v) is 5.24. The van der Waals surface area contributed by atoms with Crippen LogP contribution in [0, 0.1) is 11.6 Å². The summed E-state index contributed by atoms with van der Waals surface area (Å²) in [6, 6.07) is 8.54. The maximum absolute atomic E-state index is 13.8. The van der Waals surface area contributed by atoms with Crippen LogP contribution in [0.15, 0.2) is 36.4 Å². The Hall–Kier alpha value is -2.30. The molecule has 2 aromatic carbocycles. The molecule has 0 radical (unpaired) electrons. The number of hydrogen-bond acceptors (Lipinski definition) is 3. The second kappa shape index (κ2) is 6.22. The number of fused-ring (bicyclic) bond motifs is 1. The molecule has 3 rings (SSSR count). The van der Waals surface area contributed by atoms with E-state index in [0.717, 1.165) is 24.2 Å². The molecule has 0 fully saturated rings. The molecule has 5 heteroatoms. The summed E-state index contributed by atoms with van der Waals surface area (Å²) in [7, 11) is 0. The van der Waals surface area contributed by atoms with Gasteiger partial charge in [0.15, 0.2) is 11.5 Å². The summed E-state index contributed by atoms with van der Waals surface area (Å²) in [5, 5.41) is 3.15. The molecule has 0 saturated carbocycles. The molecule has 0 bridgehead atoms. The number of benzene rings is 2. The molecular weight excluding hydrogens is 288 g/mol. The highest BCUT2D eigenvalue weighted by Crippen LogP contribution is 2.33. The van der Waals surface area contributed by atoms with E-state index in [2.05, 4.69) is 5.32 Å². The number of anilines is 1. The molecule has 1 unspecified atom stereocenters.